The second kappa shape index (κ2) is 11.8. The van der Waals surface area contributed by atoms with E-state index in [2.05, 4.69) is 15.8 Å². The molecule has 0 saturated carbocycles. The first-order valence-electron chi connectivity index (χ1n) is 11.2. The topological polar surface area (TPSA) is 106 Å². The largest absolute Gasteiger partial charge is 0.497 e. The number of fused-ring (bicyclic) bond motifs is 1. The number of nitrogens with one attached hydrogen (secondary N) is 2. The van der Waals surface area contributed by atoms with Crippen LogP contribution in [0.1, 0.15) is 26.3 Å². The van der Waals surface area contributed by atoms with Crippen LogP contribution in [-0.4, -0.2) is 37.7 Å². The van der Waals surface area contributed by atoms with Crippen LogP contribution in [0, 0.1) is 0 Å². The minimum Gasteiger partial charge on any atom is -0.497 e. The molecule has 8 nitrogen and oxygen atoms in total. The molecule has 0 unspecified atom stereocenters. The molecule has 0 aliphatic rings. The lowest BCUT2D eigenvalue weighted by atomic mass is 10.0. The number of benzene rings is 4. The van der Waals surface area contributed by atoms with Crippen LogP contribution in [-0.2, 0) is 4.79 Å². The lowest BCUT2D eigenvalue weighted by molar-refractivity contribution is -0.120. The van der Waals surface area contributed by atoms with Gasteiger partial charge in [0.25, 0.3) is 11.8 Å². The second-order valence-corrected chi connectivity index (χ2v) is 8.24. The normalized spacial score (nSPS) is 10.8. The van der Waals surface area contributed by atoms with Crippen molar-refractivity contribution in [3.63, 3.8) is 0 Å². The van der Waals surface area contributed by atoms with Crippen molar-refractivity contribution in [3.8, 4) is 11.5 Å². The molecule has 9 heteroatoms. The molecule has 4 aromatic carbocycles. The Balaban J connectivity index is 1.47. The van der Waals surface area contributed by atoms with E-state index >= 15 is 0 Å². The van der Waals surface area contributed by atoms with Gasteiger partial charge in [-0.3, -0.25) is 9.59 Å². The molecule has 186 valence electrons. The van der Waals surface area contributed by atoms with Crippen LogP contribution in [0.3, 0.4) is 0 Å². The summed E-state index contributed by atoms with van der Waals surface area (Å²) in [6.07, 6.45) is 1.40. The summed E-state index contributed by atoms with van der Waals surface area (Å²) in [5, 5.41) is 8.61. The molecule has 2 N–H and O–H groups in total. The van der Waals surface area contributed by atoms with E-state index < -0.39 is 17.8 Å². The van der Waals surface area contributed by atoms with Gasteiger partial charge in [-0.15, -0.1) is 0 Å². The first-order valence-corrected chi connectivity index (χ1v) is 11.6. The molecule has 0 aromatic heterocycles. The minimum atomic E-state index is -0.555. The molecule has 0 aliphatic carbocycles. The zero-order valence-electron chi connectivity index (χ0n) is 19.7. The number of ether oxygens (including phenoxy) is 2. The van der Waals surface area contributed by atoms with Gasteiger partial charge in [-0.2, -0.15) is 5.10 Å². The molecular formula is C28H22ClN3O5. The van der Waals surface area contributed by atoms with Crippen LogP contribution in [0.15, 0.2) is 90.0 Å². The van der Waals surface area contributed by atoms with Gasteiger partial charge in [-0.25, -0.2) is 10.2 Å². The lowest BCUT2D eigenvalue weighted by Crippen LogP contribution is -2.34. The Morgan fingerprint density at radius 3 is 2.46 bits per heavy atom. The van der Waals surface area contributed by atoms with E-state index in [1.165, 1.54) is 12.3 Å². The van der Waals surface area contributed by atoms with Gasteiger partial charge in [-0.1, -0.05) is 48.0 Å². The van der Waals surface area contributed by atoms with E-state index in [1.807, 2.05) is 30.3 Å². The molecule has 2 amide bonds. The molecule has 0 radical (unpaired) electrons. The number of hydrazone groups is 1. The summed E-state index contributed by atoms with van der Waals surface area (Å²) in [5.41, 5.74) is 3.56. The average Bonchev–Trinajstić information content (AvgIpc) is 2.92. The average molecular weight is 516 g/mol. The number of carbonyl (C=O) groups excluding carboxylic acids is 3. The highest BCUT2D eigenvalue weighted by atomic mass is 35.5. The van der Waals surface area contributed by atoms with E-state index in [1.54, 1.807) is 55.6 Å². The summed E-state index contributed by atoms with van der Waals surface area (Å²) in [4.78, 5) is 37.2. The van der Waals surface area contributed by atoms with Crippen LogP contribution >= 0.6 is 11.6 Å². The molecule has 0 spiro atoms. The Bertz CT molecular complexity index is 1490. The van der Waals surface area contributed by atoms with Gasteiger partial charge in [-0.05, 0) is 59.3 Å². The van der Waals surface area contributed by atoms with Crippen molar-refractivity contribution in [2.45, 2.75) is 0 Å². The number of halogens is 1. The summed E-state index contributed by atoms with van der Waals surface area (Å²) < 4.78 is 10.8. The predicted molar refractivity (Wildman–Crippen MR) is 141 cm³/mol. The van der Waals surface area contributed by atoms with Gasteiger partial charge in [0.15, 0.2) is 0 Å². The van der Waals surface area contributed by atoms with Crippen molar-refractivity contribution in [1.82, 2.24) is 10.7 Å². The Kier molecular flexibility index (Phi) is 8.12. The fraction of sp³-hybridized carbons (Fsp3) is 0.0714. The molecule has 0 aliphatic heterocycles. The molecule has 0 saturated heterocycles. The maximum absolute atomic E-state index is 12.7. The number of nitrogens with zero attached hydrogens (tertiary/aromatic N) is 1. The Labute approximate surface area is 217 Å². The molecule has 0 bridgehead atoms. The summed E-state index contributed by atoms with van der Waals surface area (Å²) in [6, 6.07) is 23.9. The third-order valence-corrected chi connectivity index (χ3v) is 5.57. The lowest BCUT2D eigenvalue weighted by Gasteiger charge is -2.11. The number of esters is 1. The van der Waals surface area contributed by atoms with Gasteiger partial charge in [0.2, 0.25) is 0 Å². The molecule has 0 atom stereocenters. The molecular weight excluding hydrogens is 494 g/mol. The number of carbonyl (C=O) groups is 3. The fourth-order valence-corrected chi connectivity index (χ4v) is 3.67. The van der Waals surface area contributed by atoms with Gasteiger partial charge in [0.1, 0.15) is 11.5 Å². The quantitative estimate of drug-likeness (QED) is 0.154. The standard InChI is InChI=1S/C28H22ClN3O5/c1-36-22-12-9-19(10-13-22)28(35)37-25-14-11-18-5-2-3-8-23(18)24(25)16-31-32-26(33)17-30-27(34)20-6-4-7-21(29)15-20/h2-16H,17H2,1H3,(H,30,34)(H,32,33). The zero-order valence-corrected chi connectivity index (χ0v) is 20.5. The third kappa shape index (κ3) is 6.50. The van der Waals surface area contributed by atoms with Crippen LogP contribution in [0.25, 0.3) is 10.8 Å². The van der Waals surface area contributed by atoms with Crippen molar-refractivity contribution in [3.05, 3.63) is 107 Å². The highest BCUT2D eigenvalue weighted by molar-refractivity contribution is 6.31. The number of hydrogen-bond donors (Lipinski definition) is 2. The van der Waals surface area contributed by atoms with E-state index in [4.69, 9.17) is 21.1 Å². The van der Waals surface area contributed by atoms with Gasteiger partial charge < -0.3 is 14.8 Å². The van der Waals surface area contributed by atoms with Crippen molar-refractivity contribution in [1.29, 1.82) is 0 Å². The summed E-state index contributed by atoms with van der Waals surface area (Å²) in [5.74, 6) is -0.645. The fourth-order valence-electron chi connectivity index (χ4n) is 3.48. The third-order valence-electron chi connectivity index (χ3n) is 5.34. The summed E-state index contributed by atoms with van der Waals surface area (Å²) in [6.45, 7) is -0.294. The van der Waals surface area contributed by atoms with Gasteiger partial charge >= 0.3 is 5.97 Å². The van der Waals surface area contributed by atoms with Crippen molar-refractivity contribution in [2.24, 2.45) is 5.10 Å². The number of amides is 2. The number of rotatable bonds is 8. The van der Waals surface area contributed by atoms with Crippen LogP contribution in [0.4, 0.5) is 0 Å². The maximum Gasteiger partial charge on any atom is 0.343 e. The van der Waals surface area contributed by atoms with Crippen molar-refractivity contribution >= 4 is 46.4 Å². The highest BCUT2D eigenvalue weighted by Crippen LogP contribution is 2.27. The van der Waals surface area contributed by atoms with Gasteiger partial charge in [0, 0.05) is 16.1 Å². The first-order chi connectivity index (χ1) is 17.9. The minimum absolute atomic E-state index is 0.270. The Morgan fingerprint density at radius 1 is 0.919 bits per heavy atom. The Hall–Kier alpha value is -4.69. The van der Waals surface area contributed by atoms with Crippen LogP contribution < -0.4 is 20.2 Å². The zero-order chi connectivity index (χ0) is 26.2. The number of hydrogen-bond acceptors (Lipinski definition) is 6. The predicted octanol–water partition coefficient (Wildman–Crippen LogP) is 4.60. The summed E-state index contributed by atoms with van der Waals surface area (Å²) >= 11 is 5.90. The second-order valence-electron chi connectivity index (χ2n) is 7.80. The van der Waals surface area contributed by atoms with Crippen molar-refractivity contribution in [2.75, 3.05) is 13.7 Å². The Morgan fingerprint density at radius 2 is 1.70 bits per heavy atom. The van der Waals surface area contributed by atoms with E-state index in [0.29, 0.717) is 27.5 Å². The molecule has 0 fully saturated rings. The van der Waals surface area contributed by atoms with Gasteiger partial charge in [0.05, 0.1) is 25.4 Å². The van der Waals surface area contributed by atoms with Crippen LogP contribution in [0.2, 0.25) is 5.02 Å². The summed E-state index contributed by atoms with van der Waals surface area (Å²) in [7, 11) is 1.54. The van der Waals surface area contributed by atoms with Crippen LogP contribution in [0.5, 0.6) is 11.5 Å². The highest BCUT2D eigenvalue weighted by Gasteiger charge is 2.14. The maximum atomic E-state index is 12.7. The van der Waals surface area contributed by atoms with E-state index in [0.717, 1.165) is 10.8 Å². The molecule has 4 rings (SSSR count). The van der Waals surface area contributed by atoms with Crippen molar-refractivity contribution < 1.29 is 23.9 Å². The molecule has 4 aromatic rings. The SMILES string of the molecule is COc1ccc(C(=O)Oc2ccc3ccccc3c2C=NNC(=O)CNC(=O)c2cccc(Cl)c2)cc1. The smallest absolute Gasteiger partial charge is 0.343 e. The first kappa shape index (κ1) is 25.4. The van der Waals surface area contributed by atoms with E-state index in [-0.39, 0.29) is 12.3 Å². The molecule has 0 heterocycles. The monoisotopic (exact) mass is 515 g/mol. The van der Waals surface area contributed by atoms with E-state index in [9.17, 15) is 14.4 Å². The number of methoxy groups -OCH3 is 1. The molecule has 37 heavy (non-hydrogen) atoms.